The lowest BCUT2D eigenvalue weighted by Crippen LogP contribution is -1.63. The van der Waals surface area contributed by atoms with Gasteiger partial charge in [0.15, 0.2) is 0 Å². The highest BCUT2D eigenvalue weighted by molar-refractivity contribution is 5.45. The molecule has 0 aliphatic rings. The molecule has 0 N–H and O–H groups in total. The molecule has 0 fully saturated rings. The number of hydrogen-bond acceptors (Lipinski definition) is 0. The van der Waals surface area contributed by atoms with Gasteiger partial charge in [0.1, 0.15) is 0 Å². The Kier molecular flexibility index (Phi) is 11.2. The van der Waals surface area contributed by atoms with Gasteiger partial charge < -0.3 is 0 Å². The monoisotopic (exact) mass is 174 g/mol. The molecule has 0 saturated heterocycles. The number of rotatable bonds is 2. The van der Waals surface area contributed by atoms with Crippen molar-refractivity contribution in [2.75, 3.05) is 0 Å². The summed E-state index contributed by atoms with van der Waals surface area (Å²) in [5, 5.41) is 0. The fourth-order valence-corrected chi connectivity index (χ4v) is 0.589. The molecule has 0 spiro atoms. The van der Waals surface area contributed by atoms with Gasteiger partial charge in [0.2, 0.25) is 0 Å². The smallest absolute Gasteiger partial charge is 0.0263 e. The fraction of sp³-hybridized carbons (Fsp3) is 0.0769. The highest BCUT2D eigenvalue weighted by atomic mass is 13.8. The maximum Gasteiger partial charge on any atom is -0.0263 e. The summed E-state index contributed by atoms with van der Waals surface area (Å²) in [6.07, 6.45) is 5.11. The van der Waals surface area contributed by atoms with E-state index < -0.39 is 0 Å². The summed E-state index contributed by atoms with van der Waals surface area (Å²) in [4.78, 5) is 0. The first-order valence-electron chi connectivity index (χ1n) is 3.76. The zero-order valence-electron chi connectivity index (χ0n) is 7.24. The van der Waals surface area contributed by atoms with E-state index in [1.54, 1.807) is 12.2 Å². The van der Waals surface area contributed by atoms with Crippen molar-refractivity contribution in [3.05, 3.63) is 67.8 Å². The Bertz CT molecular complexity index is 225. The molecule has 0 nitrogen and oxygen atoms in total. The number of hydrogen-bond donors (Lipinski definition) is 0. The van der Waals surface area contributed by atoms with Crippen LogP contribution in [0.25, 0.3) is 6.08 Å². The van der Waals surface area contributed by atoms with Crippen LogP contribution in [0.1, 0.15) is 13.0 Å². The normalized spacial score (nSPS) is 6.77. The maximum atomic E-state index is 3.63. The number of allylic oxidation sites excluding steroid dienone is 2. The van der Waals surface area contributed by atoms with Gasteiger partial charge >= 0.3 is 0 Å². The van der Waals surface area contributed by atoms with Crippen molar-refractivity contribution in [2.24, 2.45) is 0 Å². The van der Waals surface area contributed by atoms with Crippen molar-refractivity contribution in [2.45, 2.75) is 7.43 Å². The van der Waals surface area contributed by atoms with E-state index in [1.165, 1.54) is 5.56 Å². The molecule has 0 heteroatoms. The summed E-state index contributed by atoms with van der Waals surface area (Å²) >= 11 is 0. The van der Waals surface area contributed by atoms with E-state index in [1.807, 2.05) is 36.4 Å². The van der Waals surface area contributed by atoms with Crippen LogP contribution in [0.5, 0.6) is 0 Å². The summed E-state index contributed by atoms with van der Waals surface area (Å²) in [5.74, 6) is 0. The van der Waals surface area contributed by atoms with E-state index in [-0.39, 0.29) is 7.43 Å². The molecular weight excluding hydrogens is 156 g/mol. The minimum Gasteiger partial charge on any atom is -0.0991 e. The summed E-state index contributed by atoms with van der Waals surface area (Å²) in [6, 6.07) is 10.0. The quantitative estimate of drug-likeness (QED) is 0.585. The van der Waals surface area contributed by atoms with Crippen LogP contribution in [0.3, 0.4) is 0 Å². The first-order chi connectivity index (χ1) is 5.85. The van der Waals surface area contributed by atoms with Crippen LogP contribution in [0.15, 0.2) is 62.2 Å². The van der Waals surface area contributed by atoms with Crippen molar-refractivity contribution in [1.82, 2.24) is 0 Å². The van der Waals surface area contributed by atoms with Gasteiger partial charge in [-0.1, -0.05) is 75.7 Å². The Labute approximate surface area is 81.9 Å². The van der Waals surface area contributed by atoms with E-state index in [4.69, 9.17) is 0 Å². The lowest BCUT2D eigenvalue weighted by Gasteiger charge is -1.85. The summed E-state index contributed by atoms with van der Waals surface area (Å²) < 4.78 is 0. The Morgan fingerprint density at radius 1 is 0.846 bits per heavy atom. The number of benzene rings is 1. The van der Waals surface area contributed by atoms with Crippen LogP contribution in [-0.4, -0.2) is 0 Å². The van der Waals surface area contributed by atoms with Gasteiger partial charge in [-0.15, -0.1) is 0 Å². The molecule has 0 heterocycles. The van der Waals surface area contributed by atoms with Crippen molar-refractivity contribution in [1.29, 1.82) is 0 Å². The molecule has 1 aromatic carbocycles. The Morgan fingerprint density at radius 2 is 1.31 bits per heavy atom. The summed E-state index contributed by atoms with van der Waals surface area (Å²) in [7, 11) is 0. The second-order valence-electron chi connectivity index (χ2n) is 2.09. The van der Waals surface area contributed by atoms with Crippen molar-refractivity contribution < 1.29 is 0 Å². The largest absolute Gasteiger partial charge is 0.0991 e. The van der Waals surface area contributed by atoms with Crippen molar-refractivity contribution in [3.8, 4) is 0 Å². The average Bonchev–Trinajstić information content (AvgIpc) is 2.19. The third-order valence-electron chi connectivity index (χ3n) is 1.20. The third kappa shape index (κ3) is 8.35. The summed E-state index contributed by atoms with van der Waals surface area (Å²) in [6.45, 7) is 10.4. The molecule has 70 valence electrons. The molecule has 0 amide bonds. The predicted molar refractivity (Wildman–Crippen MR) is 63.7 cm³/mol. The minimum absolute atomic E-state index is 0. The van der Waals surface area contributed by atoms with Crippen LogP contribution in [0.2, 0.25) is 0 Å². The first-order valence-corrected chi connectivity index (χ1v) is 3.76. The molecule has 0 atom stereocenters. The Morgan fingerprint density at radius 3 is 1.54 bits per heavy atom. The van der Waals surface area contributed by atoms with Crippen LogP contribution in [-0.2, 0) is 0 Å². The zero-order chi connectivity index (χ0) is 9.23. The van der Waals surface area contributed by atoms with E-state index >= 15 is 0 Å². The summed E-state index contributed by atoms with van der Waals surface area (Å²) in [5.41, 5.74) is 1.17. The topological polar surface area (TPSA) is 0 Å². The lowest BCUT2D eigenvalue weighted by atomic mass is 10.2. The van der Waals surface area contributed by atoms with E-state index in [2.05, 4.69) is 19.7 Å². The molecule has 1 aromatic rings. The van der Waals surface area contributed by atoms with Crippen molar-refractivity contribution in [3.63, 3.8) is 0 Å². The zero-order valence-corrected chi connectivity index (χ0v) is 7.24. The average molecular weight is 174 g/mol. The molecule has 1 rings (SSSR count). The molecule has 0 radical (unpaired) electrons. The van der Waals surface area contributed by atoms with Gasteiger partial charge in [0.05, 0.1) is 0 Å². The van der Waals surface area contributed by atoms with E-state index in [0.717, 1.165) is 0 Å². The minimum atomic E-state index is 0. The lowest BCUT2D eigenvalue weighted by molar-refractivity contribution is 1.67. The molecule has 0 saturated carbocycles. The van der Waals surface area contributed by atoms with Gasteiger partial charge in [-0.05, 0) is 5.56 Å². The third-order valence-corrected chi connectivity index (χ3v) is 1.20. The first kappa shape index (κ1) is 14.0. The SMILES string of the molecule is C.C=CC=C.C=Cc1ccccc1. The molecule has 0 aromatic heterocycles. The van der Waals surface area contributed by atoms with Crippen molar-refractivity contribution >= 4 is 6.08 Å². The van der Waals surface area contributed by atoms with E-state index in [9.17, 15) is 0 Å². The second-order valence-corrected chi connectivity index (χ2v) is 2.09. The van der Waals surface area contributed by atoms with Crippen LogP contribution in [0.4, 0.5) is 0 Å². The Hall–Kier alpha value is -1.56. The Balaban J connectivity index is 0. The molecule has 0 aliphatic carbocycles. The maximum absolute atomic E-state index is 3.63. The molecule has 0 unspecified atom stereocenters. The van der Waals surface area contributed by atoms with Gasteiger partial charge in [-0.25, -0.2) is 0 Å². The van der Waals surface area contributed by atoms with Gasteiger partial charge in [-0.2, -0.15) is 0 Å². The highest BCUT2D eigenvalue weighted by Crippen LogP contribution is 1.97. The second kappa shape index (κ2) is 10.4. The highest BCUT2D eigenvalue weighted by Gasteiger charge is 1.75. The fourth-order valence-electron chi connectivity index (χ4n) is 0.589. The van der Waals surface area contributed by atoms with Gasteiger partial charge in [0, 0.05) is 0 Å². The van der Waals surface area contributed by atoms with Crippen LogP contribution < -0.4 is 0 Å². The molecule has 0 aliphatic heterocycles. The van der Waals surface area contributed by atoms with E-state index in [0.29, 0.717) is 0 Å². The molecular formula is C13H18. The van der Waals surface area contributed by atoms with Gasteiger partial charge in [0.25, 0.3) is 0 Å². The van der Waals surface area contributed by atoms with Crippen LogP contribution in [0, 0.1) is 0 Å². The molecule has 0 bridgehead atoms. The predicted octanol–water partition coefficient (Wildman–Crippen LogP) is 4.32. The van der Waals surface area contributed by atoms with Gasteiger partial charge in [-0.3, -0.25) is 0 Å². The van der Waals surface area contributed by atoms with Crippen LogP contribution >= 0.6 is 0 Å². The standard InChI is InChI=1S/C8H8.C4H6.CH4/c1-2-8-6-4-3-5-7-8;1-3-4-2;/h2-7H,1H2;3-4H,1-2H2;1H4. The molecule has 13 heavy (non-hydrogen) atoms.